The monoisotopic (exact) mass is 443 g/mol. The maximum Gasteiger partial charge on any atom is 1.00 e. The fraction of sp³-hybridized carbons (Fsp3) is 0.0500. The number of carboxylic acid groups (broad SMARTS) is 1. The molecule has 144 valence electrons. The summed E-state index contributed by atoms with van der Waals surface area (Å²) < 4.78 is 32.2. The molecule has 0 bridgehead atoms. The van der Waals surface area contributed by atoms with Crippen LogP contribution in [-0.4, -0.2) is 11.1 Å². The van der Waals surface area contributed by atoms with Crippen LogP contribution in [0.3, 0.4) is 0 Å². The Hall–Kier alpha value is -1.68. The van der Waals surface area contributed by atoms with Gasteiger partial charge in [-0.05, 0) is 54.1 Å². The SMILES string of the molecule is O=C(O)c1ccc(O[N-]c2cc(Cl)ccc2OCc2cc(F)cc(F)c2)cc1.[K+]. The van der Waals surface area contributed by atoms with Crippen molar-refractivity contribution < 1.29 is 79.6 Å². The zero-order valence-electron chi connectivity index (χ0n) is 15.2. The third kappa shape index (κ3) is 6.95. The maximum absolute atomic E-state index is 13.3. The van der Waals surface area contributed by atoms with Crippen molar-refractivity contribution in [2.45, 2.75) is 6.61 Å². The fourth-order valence-electron chi connectivity index (χ4n) is 2.30. The second-order valence-electron chi connectivity index (χ2n) is 5.69. The molecule has 0 aliphatic heterocycles. The second kappa shape index (κ2) is 10.9. The van der Waals surface area contributed by atoms with Crippen LogP contribution < -0.4 is 61.0 Å². The number of nitrogens with zero attached hydrogens (tertiary/aromatic N) is 1. The topological polar surface area (TPSA) is 69.9 Å². The largest absolute Gasteiger partial charge is 1.00 e. The van der Waals surface area contributed by atoms with Crippen LogP contribution in [0.15, 0.2) is 60.7 Å². The van der Waals surface area contributed by atoms with Gasteiger partial charge in [0.15, 0.2) is 0 Å². The Bertz CT molecular complexity index is 982. The first-order chi connectivity index (χ1) is 13.4. The van der Waals surface area contributed by atoms with Crippen LogP contribution in [0.1, 0.15) is 15.9 Å². The summed E-state index contributed by atoms with van der Waals surface area (Å²) >= 11 is 5.98. The molecule has 3 aromatic carbocycles. The van der Waals surface area contributed by atoms with Gasteiger partial charge in [-0.2, -0.15) is 0 Å². The number of rotatable bonds is 7. The minimum absolute atomic E-state index is 0. The van der Waals surface area contributed by atoms with Crippen LogP contribution in [-0.2, 0) is 6.61 Å². The number of hydrogen-bond acceptors (Lipinski definition) is 3. The summed E-state index contributed by atoms with van der Waals surface area (Å²) in [4.78, 5) is 16.1. The Kier molecular flexibility index (Phi) is 8.88. The molecule has 0 fully saturated rings. The molecule has 0 aliphatic carbocycles. The summed E-state index contributed by atoms with van der Waals surface area (Å²) in [6, 6.07) is 13.4. The molecular weight excluding hydrogens is 431 g/mol. The summed E-state index contributed by atoms with van der Waals surface area (Å²) in [6.45, 7) is -0.0911. The van der Waals surface area contributed by atoms with E-state index in [1.165, 1.54) is 30.3 Å². The van der Waals surface area contributed by atoms with Gasteiger partial charge in [-0.25, -0.2) is 13.6 Å². The van der Waals surface area contributed by atoms with E-state index >= 15 is 0 Å². The number of benzene rings is 3. The first-order valence-corrected chi connectivity index (χ1v) is 8.37. The Labute approximate surface area is 213 Å². The van der Waals surface area contributed by atoms with Gasteiger partial charge in [0.25, 0.3) is 0 Å². The number of hydrogen-bond donors (Lipinski definition) is 1. The standard InChI is InChI=1S/C20H13ClF2NO4.K/c21-14-3-6-19(27-11-12-7-15(22)10-16(23)8-12)18(9-14)24-28-17-4-1-13(2-5-17)20(25)26;/h1-10H,11H2,(H,25,26);/q-1;+1. The van der Waals surface area contributed by atoms with Crippen LogP contribution in [0, 0.1) is 11.6 Å². The molecule has 29 heavy (non-hydrogen) atoms. The van der Waals surface area contributed by atoms with E-state index in [2.05, 4.69) is 5.48 Å². The molecule has 0 radical (unpaired) electrons. The molecule has 9 heteroatoms. The van der Waals surface area contributed by atoms with Gasteiger partial charge in [-0.3, -0.25) is 0 Å². The smallest absolute Gasteiger partial charge is 0.557 e. The van der Waals surface area contributed by atoms with E-state index in [9.17, 15) is 13.6 Å². The Morgan fingerprint density at radius 3 is 2.28 bits per heavy atom. The average Bonchev–Trinajstić information content (AvgIpc) is 2.65. The molecule has 0 unspecified atom stereocenters. The third-order valence-electron chi connectivity index (χ3n) is 3.59. The van der Waals surface area contributed by atoms with Crippen LogP contribution >= 0.6 is 11.6 Å². The number of ether oxygens (including phenoxy) is 1. The fourth-order valence-corrected chi connectivity index (χ4v) is 2.47. The van der Waals surface area contributed by atoms with E-state index in [1.807, 2.05) is 0 Å². The van der Waals surface area contributed by atoms with E-state index in [0.717, 1.165) is 18.2 Å². The molecule has 0 amide bonds. The van der Waals surface area contributed by atoms with Crippen molar-refractivity contribution >= 4 is 23.3 Å². The molecule has 0 saturated carbocycles. The summed E-state index contributed by atoms with van der Waals surface area (Å²) in [6.07, 6.45) is 0. The average molecular weight is 444 g/mol. The van der Waals surface area contributed by atoms with E-state index < -0.39 is 17.6 Å². The van der Waals surface area contributed by atoms with E-state index in [-0.39, 0.29) is 75.0 Å². The predicted molar refractivity (Wildman–Crippen MR) is 99.2 cm³/mol. The van der Waals surface area contributed by atoms with Crippen molar-refractivity contribution in [1.29, 1.82) is 0 Å². The van der Waals surface area contributed by atoms with Crippen LogP contribution in [0.5, 0.6) is 11.5 Å². The maximum atomic E-state index is 13.3. The normalized spacial score (nSPS) is 10.0. The molecule has 3 aromatic rings. The molecule has 5 nitrogen and oxygen atoms in total. The van der Waals surface area contributed by atoms with E-state index in [1.54, 1.807) is 12.1 Å². The number of carboxylic acids is 1. The van der Waals surface area contributed by atoms with Crippen LogP contribution in [0.4, 0.5) is 14.5 Å². The number of halogens is 3. The van der Waals surface area contributed by atoms with Gasteiger partial charge < -0.3 is 20.2 Å². The van der Waals surface area contributed by atoms with Crippen molar-refractivity contribution in [2.24, 2.45) is 0 Å². The molecule has 0 aliphatic rings. The first kappa shape index (κ1) is 23.6. The van der Waals surface area contributed by atoms with Gasteiger partial charge in [-0.15, -0.1) is 0 Å². The predicted octanol–water partition coefficient (Wildman–Crippen LogP) is 2.90. The van der Waals surface area contributed by atoms with Gasteiger partial charge >= 0.3 is 57.4 Å². The van der Waals surface area contributed by atoms with Crippen LogP contribution in [0.25, 0.3) is 5.48 Å². The number of aromatic carboxylic acids is 1. The number of carbonyl (C=O) groups is 1. The molecule has 0 spiro atoms. The third-order valence-corrected chi connectivity index (χ3v) is 3.82. The molecule has 0 aromatic heterocycles. The summed E-state index contributed by atoms with van der Waals surface area (Å²) in [7, 11) is 0. The van der Waals surface area contributed by atoms with Crippen molar-refractivity contribution in [3.05, 3.63) is 93.9 Å². The Morgan fingerprint density at radius 2 is 1.66 bits per heavy atom. The van der Waals surface area contributed by atoms with Crippen LogP contribution in [0.2, 0.25) is 5.02 Å². The molecule has 0 heterocycles. The van der Waals surface area contributed by atoms with Gasteiger partial charge in [0.2, 0.25) is 0 Å². The van der Waals surface area contributed by atoms with E-state index in [0.29, 0.717) is 16.3 Å². The van der Waals surface area contributed by atoms with Crippen molar-refractivity contribution in [3.8, 4) is 11.5 Å². The summed E-state index contributed by atoms with van der Waals surface area (Å²) in [5, 5.41) is 9.28. The van der Waals surface area contributed by atoms with Crippen molar-refractivity contribution in [3.63, 3.8) is 0 Å². The van der Waals surface area contributed by atoms with Gasteiger partial charge in [0.1, 0.15) is 29.7 Å². The van der Waals surface area contributed by atoms with Gasteiger partial charge in [0, 0.05) is 11.1 Å². The first-order valence-electron chi connectivity index (χ1n) is 7.99. The minimum Gasteiger partial charge on any atom is -0.557 e. The Balaban J connectivity index is 0.00000300. The quantitative estimate of drug-likeness (QED) is 0.450. The molecule has 0 atom stereocenters. The van der Waals surface area contributed by atoms with E-state index in [4.69, 9.17) is 26.3 Å². The zero-order valence-corrected chi connectivity index (χ0v) is 19.1. The molecule has 1 N–H and O–H groups in total. The van der Waals surface area contributed by atoms with Gasteiger partial charge in [-0.1, -0.05) is 23.4 Å². The van der Waals surface area contributed by atoms with Crippen molar-refractivity contribution in [1.82, 2.24) is 0 Å². The summed E-state index contributed by atoms with van der Waals surface area (Å²) in [5.74, 6) is -1.86. The second-order valence-corrected chi connectivity index (χ2v) is 6.13. The minimum atomic E-state index is -1.05. The zero-order chi connectivity index (χ0) is 20.1. The molecule has 0 saturated heterocycles. The summed E-state index contributed by atoms with van der Waals surface area (Å²) in [5.41, 5.74) is 4.63. The van der Waals surface area contributed by atoms with Crippen molar-refractivity contribution in [2.75, 3.05) is 0 Å². The molecular formula is C20H13ClF2KNO4. The molecule has 3 rings (SSSR count). The van der Waals surface area contributed by atoms with Gasteiger partial charge in [0.05, 0.1) is 5.56 Å². The Morgan fingerprint density at radius 1 is 1.00 bits per heavy atom.